The summed E-state index contributed by atoms with van der Waals surface area (Å²) < 4.78 is 1.86. The second-order valence-electron chi connectivity index (χ2n) is 5.63. The number of aromatic nitrogens is 2. The van der Waals surface area contributed by atoms with E-state index < -0.39 is 5.54 Å². The van der Waals surface area contributed by atoms with E-state index in [0.29, 0.717) is 13.0 Å². The minimum atomic E-state index is -0.734. The van der Waals surface area contributed by atoms with Gasteiger partial charge in [-0.1, -0.05) is 6.92 Å². The van der Waals surface area contributed by atoms with Crippen molar-refractivity contribution >= 4 is 11.9 Å². The fraction of sp³-hybridized carbons (Fsp3) is 0.643. The molecule has 3 amide bonds. The Bertz CT molecular complexity index is 574. The molecule has 2 saturated heterocycles. The van der Waals surface area contributed by atoms with Crippen LogP contribution in [0.1, 0.15) is 31.7 Å². The number of rotatable bonds is 4. The van der Waals surface area contributed by atoms with Crippen molar-refractivity contribution < 1.29 is 9.59 Å². The molecule has 1 aromatic rings. The third kappa shape index (κ3) is 2.21. The number of urea groups is 1. The highest BCUT2D eigenvalue weighted by Crippen LogP contribution is 2.25. The largest absolute Gasteiger partial charge is 0.325 e. The number of hydrogen-bond acceptors (Lipinski definition) is 4. The van der Waals surface area contributed by atoms with Crippen LogP contribution in [-0.4, -0.2) is 45.2 Å². The van der Waals surface area contributed by atoms with Gasteiger partial charge in [-0.15, -0.1) is 0 Å². The van der Waals surface area contributed by atoms with Gasteiger partial charge < -0.3 is 10.6 Å². The Balaban J connectivity index is 1.83. The second-order valence-corrected chi connectivity index (χ2v) is 5.63. The van der Waals surface area contributed by atoms with Crippen LogP contribution in [0.25, 0.3) is 0 Å². The average Bonchev–Trinajstić information content (AvgIpc) is 3.15. The minimum absolute atomic E-state index is 0.126. The van der Waals surface area contributed by atoms with E-state index >= 15 is 0 Å². The molecule has 0 bridgehead atoms. The molecule has 2 N–H and O–H groups in total. The van der Waals surface area contributed by atoms with Crippen LogP contribution in [0.5, 0.6) is 0 Å². The van der Waals surface area contributed by atoms with Crippen LogP contribution in [-0.2, 0) is 24.3 Å². The van der Waals surface area contributed by atoms with Crippen LogP contribution >= 0.6 is 0 Å². The van der Waals surface area contributed by atoms with E-state index in [2.05, 4.69) is 15.7 Å². The van der Waals surface area contributed by atoms with E-state index in [9.17, 15) is 9.59 Å². The van der Waals surface area contributed by atoms with Crippen molar-refractivity contribution in [3.05, 3.63) is 17.5 Å². The predicted octanol–water partition coefficient (Wildman–Crippen LogP) is 0.249. The van der Waals surface area contributed by atoms with E-state index in [1.165, 1.54) is 4.90 Å². The van der Waals surface area contributed by atoms with Crippen molar-refractivity contribution in [1.82, 2.24) is 25.3 Å². The molecule has 114 valence electrons. The summed E-state index contributed by atoms with van der Waals surface area (Å²) in [5.41, 5.74) is 1.15. The van der Waals surface area contributed by atoms with Gasteiger partial charge in [0.1, 0.15) is 5.54 Å². The first-order valence-corrected chi connectivity index (χ1v) is 7.50. The number of carbonyl (C=O) groups excluding carboxylic acids is 2. The highest BCUT2D eigenvalue weighted by Gasteiger charge is 2.52. The molecule has 21 heavy (non-hydrogen) atoms. The molecule has 2 fully saturated rings. The Morgan fingerprint density at radius 1 is 1.38 bits per heavy atom. The molecule has 3 rings (SSSR count). The first-order valence-electron chi connectivity index (χ1n) is 7.50. The van der Waals surface area contributed by atoms with Crippen molar-refractivity contribution in [2.24, 2.45) is 0 Å². The van der Waals surface area contributed by atoms with Crippen molar-refractivity contribution in [2.45, 2.75) is 45.3 Å². The Hall–Kier alpha value is -1.89. The van der Waals surface area contributed by atoms with Gasteiger partial charge in [0.2, 0.25) is 0 Å². The van der Waals surface area contributed by atoms with Crippen molar-refractivity contribution in [3.63, 3.8) is 0 Å². The molecule has 0 radical (unpaired) electrons. The van der Waals surface area contributed by atoms with Crippen molar-refractivity contribution in [3.8, 4) is 0 Å². The monoisotopic (exact) mass is 291 g/mol. The molecule has 7 nitrogen and oxygen atoms in total. The molecular weight excluding hydrogens is 270 g/mol. The Labute approximate surface area is 123 Å². The predicted molar refractivity (Wildman–Crippen MR) is 76.6 cm³/mol. The van der Waals surface area contributed by atoms with E-state index in [0.717, 1.165) is 30.9 Å². The summed E-state index contributed by atoms with van der Waals surface area (Å²) in [4.78, 5) is 26.1. The number of aryl methyl sites for hydroxylation is 2. The Morgan fingerprint density at radius 2 is 2.19 bits per heavy atom. The number of hydrogen-bond donors (Lipinski definition) is 2. The maximum atomic E-state index is 12.6. The third-order valence-corrected chi connectivity index (χ3v) is 4.30. The highest BCUT2D eigenvalue weighted by molar-refractivity contribution is 6.07. The van der Waals surface area contributed by atoms with Gasteiger partial charge in [-0.05, 0) is 32.4 Å². The molecule has 0 saturated carbocycles. The van der Waals surface area contributed by atoms with Crippen LogP contribution in [0.15, 0.2) is 6.07 Å². The van der Waals surface area contributed by atoms with E-state index in [1.807, 2.05) is 24.6 Å². The summed E-state index contributed by atoms with van der Waals surface area (Å²) in [6.45, 7) is 6.33. The summed E-state index contributed by atoms with van der Waals surface area (Å²) in [6, 6.07) is 1.67. The molecule has 0 aromatic carbocycles. The first kappa shape index (κ1) is 14.1. The maximum absolute atomic E-state index is 12.6. The molecule has 0 aliphatic carbocycles. The van der Waals surface area contributed by atoms with Gasteiger partial charge in [0.05, 0.1) is 17.9 Å². The molecule has 1 unspecified atom stereocenters. The van der Waals surface area contributed by atoms with Crippen molar-refractivity contribution in [1.29, 1.82) is 0 Å². The molecule has 1 aromatic heterocycles. The lowest BCUT2D eigenvalue weighted by Crippen LogP contribution is -2.48. The lowest BCUT2D eigenvalue weighted by molar-refractivity contribution is -0.131. The summed E-state index contributed by atoms with van der Waals surface area (Å²) >= 11 is 0. The Kier molecular flexibility index (Phi) is 3.44. The number of imide groups is 1. The standard InChI is InChI=1S/C14H21N5O2/c1-3-10-7-11(19(4-2)17-10)8-18-12(20)14(16-13(18)21)5-6-15-9-14/h7,15H,3-6,8-9H2,1-2H3,(H,16,21). The third-order valence-electron chi connectivity index (χ3n) is 4.30. The number of nitrogens with one attached hydrogen (secondary N) is 2. The van der Waals surface area contributed by atoms with Gasteiger partial charge in [-0.25, -0.2) is 4.79 Å². The number of carbonyl (C=O) groups is 2. The van der Waals surface area contributed by atoms with E-state index in [1.54, 1.807) is 0 Å². The second kappa shape index (κ2) is 5.14. The maximum Gasteiger partial charge on any atom is 0.325 e. The van der Waals surface area contributed by atoms with Gasteiger partial charge in [-0.2, -0.15) is 5.10 Å². The number of amides is 3. The highest BCUT2D eigenvalue weighted by atomic mass is 16.2. The normalized spacial score (nSPS) is 25.1. The summed E-state index contributed by atoms with van der Waals surface area (Å²) in [7, 11) is 0. The van der Waals surface area contributed by atoms with E-state index in [-0.39, 0.29) is 18.5 Å². The zero-order chi connectivity index (χ0) is 15.0. The SMILES string of the molecule is CCc1cc(CN2C(=O)NC3(CCNC3)C2=O)n(CC)n1. The molecule has 7 heteroatoms. The van der Waals surface area contributed by atoms with Gasteiger partial charge in [-0.3, -0.25) is 14.4 Å². The summed E-state index contributed by atoms with van der Waals surface area (Å²) in [6.07, 6.45) is 1.50. The molecule has 2 aliphatic heterocycles. The first-order chi connectivity index (χ1) is 10.1. The fourth-order valence-corrected chi connectivity index (χ4v) is 3.05. The fourth-order valence-electron chi connectivity index (χ4n) is 3.05. The van der Waals surface area contributed by atoms with Crippen LogP contribution in [0.2, 0.25) is 0 Å². The topological polar surface area (TPSA) is 79.3 Å². The summed E-state index contributed by atoms with van der Waals surface area (Å²) in [5.74, 6) is -0.126. The molecule has 1 atom stereocenters. The number of nitrogens with zero attached hydrogens (tertiary/aromatic N) is 3. The van der Waals surface area contributed by atoms with Gasteiger partial charge in [0.15, 0.2) is 0 Å². The average molecular weight is 291 g/mol. The lowest BCUT2D eigenvalue weighted by atomic mass is 9.99. The zero-order valence-electron chi connectivity index (χ0n) is 12.5. The minimum Gasteiger partial charge on any atom is -0.322 e. The van der Waals surface area contributed by atoms with Crippen molar-refractivity contribution in [2.75, 3.05) is 13.1 Å². The van der Waals surface area contributed by atoms with Crippen LogP contribution < -0.4 is 10.6 Å². The molecule has 1 spiro atoms. The smallest absolute Gasteiger partial charge is 0.322 e. The van der Waals surface area contributed by atoms with Crippen LogP contribution in [0, 0.1) is 0 Å². The van der Waals surface area contributed by atoms with Crippen LogP contribution in [0.4, 0.5) is 4.79 Å². The van der Waals surface area contributed by atoms with Gasteiger partial charge in [0, 0.05) is 13.1 Å². The van der Waals surface area contributed by atoms with Gasteiger partial charge >= 0.3 is 6.03 Å². The van der Waals surface area contributed by atoms with E-state index in [4.69, 9.17) is 0 Å². The lowest BCUT2D eigenvalue weighted by Gasteiger charge is -2.19. The quantitative estimate of drug-likeness (QED) is 0.779. The molecule has 2 aliphatic rings. The Morgan fingerprint density at radius 3 is 2.81 bits per heavy atom. The summed E-state index contributed by atoms with van der Waals surface area (Å²) in [5, 5.41) is 10.5. The van der Waals surface area contributed by atoms with Crippen LogP contribution in [0.3, 0.4) is 0 Å². The molecular formula is C14H21N5O2. The zero-order valence-corrected chi connectivity index (χ0v) is 12.5. The van der Waals surface area contributed by atoms with Gasteiger partial charge in [0.25, 0.3) is 5.91 Å². The molecule has 3 heterocycles.